The fraction of sp³-hybridized carbons (Fsp3) is 0.500. The number of hydrogen-bond donors (Lipinski definition) is 2. The second-order valence-corrected chi connectivity index (χ2v) is 7.37. The predicted molar refractivity (Wildman–Crippen MR) is 79.1 cm³/mol. The molecule has 0 saturated carbocycles. The quantitative estimate of drug-likeness (QED) is 0.874. The van der Waals surface area contributed by atoms with Crippen molar-refractivity contribution in [2.24, 2.45) is 11.7 Å². The molecule has 0 radical (unpaired) electrons. The molecule has 1 unspecified atom stereocenters. The first-order chi connectivity index (χ1) is 8.64. The lowest BCUT2D eigenvalue weighted by Gasteiger charge is -2.33. The summed E-state index contributed by atoms with van der Waals surface area (Å²) < 4.78 is 27.4. The summed E-state index contributed by atoms with van der Waals surface area (Å²) in [5.41, 5.74) is 4.93. The Morgan fingerprint density at radius 3 is 2.42 bits per heavy atom. The summed E-state index contributed by atoms with van der Waals surface area (Å²) in [4.78, 5) is -0.0398. The minimum Gasteiger partial charge on any atom is -0.329 e. The molecule has 0 fully saturated rings. The SMILES string of the molecule is CC(C)C(C)(CN)NS(=O)(=O)c1cccc(Cl)c1Cl. The van der Waals surface area contributed by atoms with Crippen molar-refractivity contribution in [2.45, 2.75) is 31.2 Å². The number of benzene rings is 1. The van der Waals surface area contributed by atoms with E-state index < -0.39 is 15.6 Å². The predicted octanol–water partition coefficient (Wildman–Crippen LogP) is 2.65. The van der Waals surface area contributed by atoms with Crippen LogP contribution in [0.5, 0.6) is 0 Å². The lowest BCUT2D eigenvalue weighted by molar-refractivity contribution is 0.315. The van der Waals surface area contributed by atoms with Crippen molar-refractivity contribution in [2.75, 3.05) is 6.54 Å². The van der Waals surface area contributed by atoms with Gasteiger partial charge in [-0.2, -0.15) is 0 Å². The molecule has 0 aromatic heterocycles. The van der Waals surface area contributed by atoms with Crippen LogP contribution in [0.3, 0.4) is 0 Å². The van der Waals surface area contributed by atoms with Crippen LogP contribution < -0.4 is 10.5 Å². The third kappa shape index (κ3) is 3.61. The van der Waals surface area contributed by atoms with E-state index >= 15 is 0 Å². The van der Waals surface area contributed by atoms with Gasteiger partial charge in [0, 0.05) is 12.1 Å². The van der Waals surface area contributed by atoms with Gasteiger partial charge in [0.2, 0.25) is 10.0 Å². The normalized spacial score (nSPS) is 15.5. The average Bonchev–Trinajstić information content (AvgIpc) is 2.31. The summed E-state index contributed by atoms with van der Waals surface area (Å²) in [6.45, 7) is 5.74. The second-order valence-electron chi connectivity index (χ2n) is 4.93. The Balaban J connectivity index is 3.22. The molecule has 0 saturated heterocycles. The zero-order valence-electron chi connectivity index (χ0n) is 11.1. The highest BCUT2D eigenvalue weighted by atomic mass is 35.5. The van der Waals surface area contributed by atoms with Gasteiger partial charge in [-0.05, 0) is 25.0 Å². The van der Waals surface area contributed by atoms with Crippen LogP contribution in [0.2, 0.25) is 10.0 Å². The van der Waals surface area contributed by atoms with E-state index in [2.05, 4.69) is 4.72 Å². The van der Waals surface area contributed by atoms with Crippen LogP contribution in [0.1, 0.15) is 20.8 Å². The smallest absolute Gasteiger partial charge is 0.242 e. The fourth-order valence-corrected chi connectivity index (χ4v) is 3.76. The van der Waals surface area contributed by atoms with Gasteiger partial charge in [-0.3, -0.25) is 0 Å². The van der Waals surface area contributed by atoms with Crippen molar-refractivity contribution in [1.82, 2.24) is 4.72 Å². The van der Waals surface area contributed by atoms with Crippen LogP contribution in [0.15, 0.2) is 23.1 Å². The molecular formula is C12H18Cl2N2O2S. The molecular weight excluding hydrogens is 307 g/mol. The number of rotatable bonds is 5. The van der Waals surface area contributed by atoms with Crippen molar-refractivity contribution < 1.29 is 8.42 Å². The second kappa shape index (κ2) is 5.97. The lowest BCUT2D eigenvalue weighted by Crippen LogP contribution is -2.54. The van der Waals surface area contributed by atoms with Gasteiger partial charge in [-0.1, -0.05) is 43.1 Å². The Labute approximate surface area is 124 Å². The van der Waals surface area contributed by atoms with E-state index in [0.29, 0.717) is 0 Å². The third-order valence-electron chi connectivity index (χ3n) is 3.27. The number of sulfonamides is 1. The third-order valence-corrected chi connectivity index (χ3v) is 5.86. The molecule has 0 aliphatic carbocycles. The van der Waals surface area contributed by atoms with Crippen LogP contribution in [0, 0.1) is 5.92 Å². The maximum Gasteiger partial charge on any atom is 0.242 e. The van der Waals surface area contributed by atoms with E-state index in [0.717, 1.165) is 0 Å². The van der Waals surface area contributed by atoms with Crippen molar-refractivity contribution in [1.29, 1.82) is 0 Å². The first kappa shape index (κ1) is 16.7. The Bertz CT molecular complexity index is 561. The molecule has 7 heteroatoms. The summed E-state index contributed by atoms with van der Waals surface area (Å²) in [5.74, 6) is 0.0326. The van der Waals surface area contributed by atoms with Gasteiger partial charge >= 0.3 is 0 Å². The van der Waals surface area contributed by atoms with Gasteiger partial charge in [-0.25, -0.2) is 13.1 Å². The maximum absolute atomic E-state index is 12.4. The summed E-state index contributed by atoms with van der Waals surface area (Å²) in [7, 11) is -3.77. The van der Waals surface area contributed by atoms with Crippen LogP contribution >= 0.6 is 23.2 Å². The molecule has 0 amide bonds. The summed E-state index contributed by atoms with van der Waals surface area (Å²) in [6.07, 6.45) is 0. The highest BCUT2D eigenvalue weighted by Crippen LogP contribution is 2.30. The highest BCUT2D eigenvalue weighted by Gasteiger charge is 2.33. The van der Waals surface area contributed by atoms with Crippen LogP contribution in [0.4, 0.5) is 0 Å². The van der Waals surface area contributed by atoms with Gasteiger partial charge in [0.05, 0.1) is 10.0 Å². The largest absolute Gasteiger partial charge is 0.329 e. The average molecular weight is 325 g/mol. The van der Waals surface area contributed by atoms with Crippen molar-refractivity contribution in [3.63, 3.8) is 0 Å². The van der Waals surface area contributed by atoms with Gasteiger partial charge in [-0.15, -0.1) is 0 Å². The summed E-state index contributed by atoms with van der Waals surface area (Å²) in [5, 5.41) is 0.211. The minimum absolute atomic E-state index is 0.0137. The van der Waals surface area contributed by atoms with E-state index in [9.17, 15) is 8.42 Å². The molecule has 0 spiro atoms. The molecule has 4 nitrogen and oxygen atoms in total. The molecule has 0 aliphatic heterocycles. The number of hydrogen-bond acceptors (Lipinski definition) is 3. The molecule has 3 N–H and O–H groups in total. The zero-order chi connectivity index (χ0) is 14.8. The maximum atomic E-state index is 12.4. The highest BCUT2D eigenvalue weighted by molar-refractivity contribution is 7.89. The molecule has 1 rings (SSSR count). The van der Waals surface area contributed by atoms with Crippen LogP contribution in [-0.4, -0.2) is 20.5 Å². The molecule has 0 bridgehead atoms. The van der Waals surface area contributed by atoms with E-state index in [1.807, 2.05) is 13.8 Å². The monoisotopic (exact) mass is 324 g/mol. The van der Waals surface area contributed by atoms with E-state index in [1.54, 1.807) is 6.92 Å². The molecule has 108 valence electrons. The molecule has 1 aromatic carbocycles. The first-order valence-electron chi connectivity index (χ1n) is 5.82. The number of nitrogens with two attached hydrogens (primary N) is 1. The molecule has 1 atom stereocenters. The Kier molecular flexibility index (Phi) is 5.26. The van der Waals surface area contributed by atoms with E-state index in [4.69, 9.17) is 28.9 Å². The van der Waals surface area contributed by atoms with E-state index in [-0.39, 0.29) is 27.4 Å². The molecule has 19 heavy (non-hydrogen) atoms. The number of halogens is 2. The Hall–Kier alpha value is -0.330. The summed E-state index contributed by atoms with van der Waals surface area (Å²) in [6, 6.07) is 4.49. The van der Waals surface area contributed by atoms with Crippen LogP contribution in [0.25, 0.3) is 0 Å². The lowest BCUT2D eigenvalue weighted by atomic mass is 9.90. The zero-order valence-corrected chi connectivity index (χ0v) is 13.4. The Morgan fingerprint density at radius 2 is 1.95 bits per heavy atom. The first-order valence-corrected chi connectivity index (χ1v) is 8.06. The van der Waals surface area contributed by atoms with Gasteiger partial charge in [0.25, 0.3) is 0 Å². The minimum atomic E-state index is -3.77. The molecule has 1 aromatic rings. The summed E-state index contributed by atoms with van der Waals surface area (Å²) >= 11 is 11.8. The van der Waals surface area contributed by atoms with Crippen molar-refractivity contribution in [3.05, 3.63) is 28.2 Å². The fourth-order valence-electron chi connectivity index (χ4n) is 1.45. The number of nitrogens with one attached hydrogen (secondary N) is 1. The van der Waals surface area contributed by atoms with Gasteiger partial charge in [0.1, 0.15) is 4.90 Å². The Morgan fingerprint density at radius 1 is 1.37 bits per heavy atom. The van der Waals surface area contributed by atoms with Gasteiger partial charge < -0.3 is 5.73 Å². The van der Waals surface area contributed by atoms with Gasteiger partial charge in [0.15, 0.2) is 0 Å². The molecule has 0 heterocycles. The van der Waals surface area contributed by atoms with Crippen LogP contribution in [-0.2, 0) is 10.0 Å². The topological polar surface area (TPSA) is 72.2 Å². The standard InChI is InChI=1S/C12H18Cl2N2O2S/c1-8(2)12(3,7-15)16-19(17,18)10-6-4-5-9(13)11(10)14/h4-6,8,16H,7,15H2,1-3H3. The van der Waals surface area contributed by atoms with Crippen molar-refractivity contribution >= 4 is 33.2 Å². The van der Waals surface area contributed by atoms with Crippen molar-refractivity contribution in [3.8, 4) is 0 Å². The van der Waals surface area contributed by atoms with E-state index in [1.165, 1.54) is 18.2 Å². The molecule has 0 aliphatic rings.